The molecule has 0 unspecified atom stereocenters. The molecule has 0 saturated carbocycles. The molecule has 0 aliphatic carbocycles. The number of halogens is 2. The van der Waals surface area contributed by atoms with Gasteiger partial charge in [0.15, 0.2) is 11.4 Å². The molecule has 0 radical (unpaired) electrons. The number of ether oxygens (including phenoxy) is 1. The summed E-state index contributed by atoms with van der Waals surface area (Å²) in [4.78, 5) is 17.1. The van der Waals surface area contributed by atoms with Gasteiger partial charge in [0, 0.05) is 11.6 Å². The van der Waals surface area contributed by atoms with Crippen molar-refractivity contribution in [2.45, 2.75) is 19.9 Å². The summed E-state index contributed by atoms with van der Waals surface area (Å²) >= 11 is 13.6. The van der Waals surface area contributed by atoms with Gasteiger partial charge in [0.2, 0.25) is 0 Å². The molecule has 2 aromatic carbocycles. The van der Waals surface area contributed by atoms with E-state index in [4.69, 9.17) is 27.9 Å². The quantitative estimate of drug-likeness (QED) is 0.615. The number of rotatable bonds is 5. The molecular weight excluding hydrogens is 379 g/mol. The molecule has 4 nitrogen and oxygen atoms in total. The molecule has 0 saturated heterocycles. The monoisotopic (exact) mass is 394 g/mol. The molecule has 1 heterocycles. The Balaban J connectivity index is 1.86. The fraction of sp³-hybridized carbons (Fsp3) is 0.222. The molecule has 0 spiro atoms. The predicted molar refractivity (Wildman–Crippen MR) is 103 cm³/mol. The lowest BCUT2D eigenvalue weighted by Crippen LogP contribution is -2.19. The van der Waals surface area contributed by atoms with E-state index in [0.717, 1.165) is 23.2 Å². The Kier molecular flexibility index (Phi) is 5.78. The standard InChI is InChI=1S/C18H16Cl2N2O2S/c1-2-10-22-17-14(20)4-3-5-15(17)25-18(22)21-16(23)11-24-13-8-6-12(19)7-9-13/h3-9H,2,10-11H2,1H3. The van der Waals surface area contributed by atoms with Crippen molar-refractivity contribution in [3.05, 3.63) is 57.3 Å². The molecular formula is C18H16Cl2N2O2S. The largest absolute Gasteiger partial charge is 0.484 e. The van der Waals surface area contributed by atoms with Crippen molar-refractivity contribution in [3.8, 4) is 5.75 Å². The van der Waals surface area contributed by atoms with E-state index in [1.807, 2.05) is 22.8 Å². The molecule has 0 N–H and O–H groups in total. The van der Waals surface area contributed by atoms with Crippen LogP contribution in [0.15, 0.2) is 47.5 Å². The SMILES string of the molecule is CCCn1c(=NC(=O)COc2ccc(Cl)cc2)sc2cccc(Cl)c21. The van der Waals surface area contributed by atoms with E-state index in [0.29, 0.717) is 20.6 Å². The minimum absolute atomic E-state index is 0.129. The molecule has 0 aliphatic heterocycles. The Morgan fingerprint density at radius 2 is 1.96 bits per heavy atom. The maximum atomic E-state index is 12.2. The average molecular weight is 395 g/mol. The van der Waals surface area contributed by atoms with E-state index in [1.54, 1.807) is 24.3 Å². The van der Waals surface area contributed by atoms with Gasteiger partial charge in [0.05, 0.1) is 15.2 Å². The zero-order valence-corrected chi connectivity index (χ0v) is 15.9. The van der Waals surface area contributed by atoms with Crippen molar-refractivity contribution >= 4 is 50.7 Å². The van der Waals surface area contributed by atoms with Crippen molar-refractivity contribution in [3.63, 3.8) is 0 Å². The average Bonchev–Trinajstić information content (AvgIpc) is 2.93. The minimum Gasteiger partial charge on any atom is -0.484 e. The number of para-hydroxylation sites is 1. The Morgan fingerprint density at radius 3 is 2.68 bits per heavy atom. The molecule has 0 fully saturated rings. The number of hydrogen-bond donors (Lipinski definition) is 0. The summed E-state index contributed by atoms with van der Waals surface area (Å²) in [5, 5.41) is 1.28. The Hall–Kier alpha value is -1.82. The molecule has 3 aromatic rings. The first-order chi connectivity index (χ1) is 12.1. The topological polar surface area (TPSA) is 43.6 Å². The number of carbonyl (C=O) groups is 1. The first kappa shape index (κ1) is 18.0. The fourth-order valence-electron chi connectivity index (χ4n) is 2.42. The van der Waals surface area contributed by atoms with Crippen LogP contribution in [-0.4, -0.2) is 17.1 Å². The lowest BCUT2D eigenvalue weighted by Gasteiger charge is -2.05. The van der Waals surface area contributed by atoms with Crippen LogP contribution in [0.1, 0.15) is 13.3 Å². The minimum atomic E-state index is -0.345. The number of benzene rings is 2. The Morgan fingerprint density at radius 1 is 1.20 bits per heavy atom. The number of amides is 1. The van der Waals surface area contributed by atoms with Gasteiger partial charge in [-0.05, 0) is 42.8 Å². The van der Waals surface area contributed by atoms with Crippen LogP contribution in [0.2, 0.25) is 10.0 Å². The molecule has 0 aliphatic rings. The van der Waals surface area contributed by atoms with Crippen molar-refractivity contribution in [2.75, 3.05) is 6.61 Å². The zero-order valence-electron chi connectivity index (χ0n) is 13.5. The fourth-order valence-corrected chi connectivity index (χ4v) is 3.98. The molecule has 130 valence electrons. The maximum Gasteiger partial charge on any atom is 0.286 e. The van der Waals surface area contributed by atoms with Crippen LogP contribution < -0.4 is 9.54 Å². The normalized spacial score (nSPS) is 11.9. The van der Waals surface area contributed by atoms with Crippen molar-refractivity contribution < 1.29 is 9.53 Å². The van der Waals surface area contributed by atoms with Gasteiger partial charge in [-0.3, -0.25) is 4.79 Å². The molecule has 1 aromatic heterocycles. The van der Waals surface area contributed by atoms with Gasteiger partial charge in [-0.1, -0.05) is 47.5 Å². The summed E-state index contributed by atoms with van der Waals surface area (Å²) in [6.07, 6.45) is 0.916. The summed E-state index contributed by atoms with van der Waals surface area (Å²) < 4.78 is 8.45. The van der Waals surface area contributed by atoms with Crippen LogP contribution in [0.25, 0.3) is 10.2 Å². The number of fused-ring (bicyclic) bond motifs is 1. The Labute approximate surface area is 159 Å². The van der Waals surface area contributed by atoms with E-state index in [-0.39, 0.29) is 12.5 Å². The Bertz CT molecular complexity index is 961. The molecule has 3 rings (SSSR count). The molecule has 0 atom stereocenters. The summed E-state index contributed by atoms with van der Waals surface area (Å²) in [6.45, 7) is 2.69. The van der Waals surface area contributed by atoms with E-state index < -0.39 is 0 Å². The third-order valence-electron chi connectivity index (χ3n) is 3.50. The number of hydrogen-bond acceptors (Lipinski definition) is 3. The first-order valence-electron chi connectivity index (χ1n) is 7.82. The highest BCUT2D eigenvalue weighted by Gasteiger charge is 2.10. The third kappa shape index (κ3) is 4.24. The predicted octanol–water partition coefficient (Wildman–Crippen LogP) is 4.93. The summed E-state index contributed by atoms with van der Waals surface area (Å²) in [5.74, 6) is 0.233. The lowest BCUT2D eigenvalue weighted by molar-refractivity contribution is -0.120. The maximum absolute atomic E-state index is 12.2. The van der Waals surface area contributed by atoms with Gasteiger partial charge in [-0.15, -0.1) is 0 Å². The number of aryl methyl sites for hydroxylation is 1. The molecule has 0 bridgehead atoms. The van der Waals surface area contributed by atoms with Crippen LogP contribution >= 0.6 is 34.5 Å². The summed E-state index contributed by atoms with van der Waals surface area (Å²) in [6, 6.07) is 12.6. The van der Waals surface area contributed by atoms with Gasteiger partial charge in [-0.25, -0.2) is 0 Å². The highest BCUT2D eigenvalue weighted by molar-refractivity contribution is 7.16. The second-order valence-electron chi connectivity index (χ2n) is 5.37. The van der Waals surface area contributed by atoms with E-state index in [9.17, 15) is 4.79 Å². The smallest absolute Gasteiger partial charge is 0.286 e. The number of aromatic nitrogens is 1. The number of thiazole rings is 1. The van der Waals surface area contributed by atoms with Crippen molar-refractivity contribution in [1.29, 1.82) is 0 Å². The van der Waals surface area contributed by atoms with Crippen molar-refractivity contribution in [2.24, 2.45) is 4.99 Å². The third-order valence-corrected chi connectivity index (χ3v) is 5.10. The first-order valence-corrected chi connectivity index (χ1v) is 9.39. The van der Waals surface area contributed by atoms with Gasteiger partial charge in [-0.2, -0.15) is 4.99 Å². The van der Waals surface area contributed by atoms with Crippen LogP contribution in [0.4, 0.5) is 0 Å². The van der Waals surface area contributed by atoms with E-state index in [2.05, 4.69) is 11.9 Å². The molecule has 1 amide bonds. The van der Waals surface area contributed by atoms with E-state index in [1.165, 1.54) is 11.3 Å². The van der Waals surface area contributed by atoms with Crippen LogP contribution in [-0.2, 0) is 11.3 Å². The second kappa shape index (κ2) is 8.04. The van der Waals surface area contributed by atoms with Gasteiger partial charge in [0.25, 0.3) is 5.91 Å². The molecule has 7 heteroatoms. The molecule has 25 heavy (non-hydrogen) atoms. The lowest BCUT2D eigenvalue weighted by atomic mass is 10.3. The van der Waals surface area contributed by atoms with Crippen molar-refractivity contribution in [1.82, 2.24) is 4.57 Å². The summed E-state index contributed by atoms with van der Waals surface area (Å²) in [5.41, 5.74) is 0.918. The number of nitrogens with zero attached hydrogens (tertiary/aromatic N) is 2. The highest BCUT2D eigenvalue weighted by Crippen LogP contribution is 2.25. The van der Waals surface area contributed by atoms with E-state index >= 15 is 0 Å². The van der Waals surface area contributed by atoms with Gasteiger partial charge in [0.1, 0.15) is 5.75 Å². The van der Waals surface area contributed by atoms with Crippen LogP contribution in [0, 0.1) is 0 Å². The zero-order chi connectivity index (χ0) is 17.8. The second-order valence-corrected chi connectivity index (χ2v) is 7.22. The number of carbonyl (C=O) groups excluding carboxylic acids is 1. The van der Waals surface area contributed by atoms with Crippen LogP contribution in [0.3, 0.4) is 0 Å². The summed E-state index contributed by atoms with van der Waals surface area (Å²) in [7, 11) is 0. The van der Waals surface area contributed by atoms with Crippen LogP contribution in [0.5, 0.6) is 5.75 Å². The highest BCUT2D eigenvalue weighted by atomic mass is 35.5. The van der Waals surface area contributed by atoms with Gasteiger partial charge >= 0.3 is 0 Å². The van der Waals surface area contributed by atoms with Gasteiger partial charge < -0.3 is 9.30 Å².